The van der Waals surface area contributed by atoms with Crippen molar-refractivity contribution in [2.75, 3.05) is 28.7 Å². The predicted molar refractivity (Wildman–Crippen MR) is 97.9 cm³/mol. The molecule has 21 heavy (non-hydrogen) atoms. The molecule has 0 bridgehead atoms. The van der Waals surface area contributed by atoms with Crippen LogP contribution in [0.25, 0.3) is 0 Å². The van der Waals surface area contributed by atoms with Crippen LogP contribution in [0.2, 0.25) is 0 Å². The lowest BCUT2D eigenvalue weighted by atomic mass is 10.1. The van der Waals surface area contributed by atoms with E-state index in [9.17, 15) is 8.42 Å². The van der Waals surface area contributed by atoms with Crippen molar-refractivity contribution in [3.8, 4) is 0 Å². The zero-order valence-electron chi connectivity index (χ0n) is 11.6. The summed E-state index contributed by atoms with van der Waals surface area (Å²) < 4.78 is 25.6. The summed E-state index contributed by atoms with van der Waals surface area (Å²) in [4.78, 5) is 2.20. The number of nitrogens with zero attached hydrogens (tertiary/aromatic N) is 1. The van der Waals surface area contributed by atoms with Gasteiger partial charge in [0.2, 0.25) is 0 Å². The summed E-state index contributed by atoms with van der Waals surface area (Å²) in [7, 11) is -3.16. The molecule has 2 N–H and O–H groups in total. The van der Waals surface area contributed by atoms with Crippen molar-refractivity contribution in [1.29, 1.82) is 0 Å². The van der Waals surface area contributed by atoms with Gasteiger partial charge in [0, 0.05) is 39.5 Å². The van der Waals surface area contributed by atoms with E-state index in [1.165, 1.54) is 0 Å². The van der Waals surface area contributed by atoms with Gasteiger partial charge in [-0.15, -0.1) is 0 Å². The van der Waals surface area contributed by atoms with E-state index in [1.54, 1.807) is 18.7 Å². The van der Waals surface area contributed by atoms with E-state index in [1.807, 2.05) is 23.1 Å². The summed E-state index contributed by atoms with van der Waals surface area (Å²) in [6, 6.07) is 5.61. The molecule has 0 saturated carbocycles. The van der Waals surface area contributed by atoms with E-state index in [4.69, 9.17) is 18.0 Å². The van der Waals surface area contributed by atoms with Crippen molar-refractivity contribution in [2.45, 2.75) is 12.3 Å². The maximum Gasteiger partial charge on any atom is 0.171 e. The summed E-state index contributed by atoms with van der Waals surface area (Å²) in [5, 5.41) is -0.518. The SMILES string of the molecule is CCS(=O)(=O)C1CSCCN1c1ccc(Br)cc1C(N)=S. The Morgan fingerprint density at radius 2 is 2.29 bits per heavy atom. The second-order valence-electron chi connectivity index (χ2n) is 4.70. The Kier molecular flexibility index (Phi) is 5.56. The molecule has 4 nitrogen and oxygen atoms in total. The minimum atomic E-state index is -3.16. The number of thiocarbonyl (C=S) groups is 1. The summed E-state index contributed by atoms with van der Waals surface area (Å²) in [6.45, 7) is 2.36. The molecule has 1 aromatic rings. The van der Waals surface area contributed by atoms with Crippen LogP contribution >= 0.6 is 39.9 Å². The highest BCUT2D eigenvalue weighted by Gasteiger charge is 2.34. The summed E-state index contributed by atoms with van der Waals surface area (Å²) in [5.41, 5.74) is 7.32. The quantitative estimate of drug-likeness (QED) is 0.771. The van der Waals surface area contributed by atoms with Crippen molar-refractivity contribution in [3.63, 3.8) is 0 Å². The number of rotatable bonds is 4. The van der Waals surface area contributed by atoms with E-state index in [-0.39, 0.29) is 10.7 Å². The maximum absolute atomic E-state index is 12.4. The highest BCUT2D eigenvalue weighted by molar-refractivity contribution is 9.10. The predicted octanol–water partition coefficient (Wildman–Crippen LogP) is 2.40. The summed E-state index contributed by atoms with van der Waals surface area (Å²) in [5.74, 6) is 1.60. The van der Waals surface area contributed by atoms with E-state index in [0.29, 0.717) is 17.9 Å². The number of sulfone groups is 1. The third-order valence-corrected chi connectivity index (χ3v) is 7.44. The average molecular weight is 409 g/mol. The highest BCUT2D eigenvalue weighted by Crippen LogP contribution is 2.31. The van der Waals surface area contributed by atoms with Crippen LogP contribution in [0.1, 0.15) is 12.5 Å². The third kappa shape index (κ3) is 3.72. The van der Waals surface area contributed by atoms with Gasteiger partial charge in [-0.3, -0.25) is 0 Å². The Balaban J connectivity index is 2.50. The largest absolute Gasteiger partial charge is 0.389 e. The number of thioether (sulfide) groups is 1. The van der Waals surface area contributed by atoms with Gasteiger partial charge in [-0.25, -0.2) is 8.42 Å². The first kappa shape index (κ1) is 17.1. The molecule has 1 saturated heterocycles. The zero-order chi connectivity index (χ0) is 15.6. The molecule has 0 aromatic heterocycles. The lowest BCUT2D eigenvalue weighted by molar-refractivity contribution is 0.579. The molecule has 1 aromatic carbocycles. The Morgan fingerprint density at radius 3 is 2.90 bits per heavy atom. The number of hydrogen-bond acceptors (Lipinski definition) is 5. The summed E-state index contributed by atoms with van der Waals surface area (Å²) in [6.07, 6.45) is 0. The first-order valence-electron chi connectivity index (χ1n) is 6.52. The first-order valence-corrected chi connectivity index (χ1v) is 10.6. The van der Waals surface area contributed by atoms with Gasteiger partial charge in [-0.2, -0.15) is 11.8 Å². The van der Waals surface area contributed by atoms with Crippen molar-refractivity contribution in [3.05, 3.63) is 28.2 Å². The molecule has 2 rings (SSSR count). The van der Waals surface area contributed by atoms with Crippen LogP contribution in [-0.2, 0) is 9.84 Å². The van der Waals surface area contributed by atoms with Gasteiger partial charge in [-0.05, 0) is 18.2 Å². The van der Waals surface area contributed by atoms with Crippen molar-refractivity contribution >= 4 is 60.4 Å². The molecule has 1 unspecified atom stereocenters. The van der Waals surface area contributed by atoms with Gasteiger partial charge in [0.15, 0.2) is 9.84 Å². The number of benzene rings is 1. The minimum Gasteiger partial charge on any atom is -0.389 e. The monoisotopic (exact) mass is 408 g/mol. The van der Waals surface area contributed by atoms with Crippen LogP contribution in [-0.4, -0.2) is 42.6 Å². The van der Waals surface area contributed by atoms with Crippen LogP contribution in [0.15, 0.2) is 22.7 Å². The average Bonchev–Trinajstić information content (AvgIpc) is 2.47. The molecule has 1 atom stereocenters. The highest BCUT2D eigenvalue weighted by atomic mass is 79.9. The maximum atomic E-state index is 12.4. The third-order valence-electron chi connectivity index (χ3n) is 3.43. The van der Waals surface area contributed by atoms with E-state index >= 15 is 0 Å². The normalized spacial score (nSPS) is 19.5. The van der Waals surface area contributed by atoms with Crippen LogP contribution in [0, 0.1) is 0 Å². The second-order valence-corrected chi connectivity index (χ2v) is 9.65. The molecule has 8 heteroatoms. The molecule has 1 heterocycles. The molecule has 116 valence electrons. The molecular formula is C13H17BrN2O2S3. The Labute approximate surface area is 143 Å². The van der Waals surface area contributed by atoms with E-state index in [2.05, 4.69) is 15.9 Å². The van der Waals surface area contributed by atoms with E-state index < -0.39 is 15.2 Å². The van der Waals surface area contributed by atoms with Gasteiger partial charge < -0.3 is 10.6 Å². The molecule has 0 aliphatic carbocycles. The Bertz CT molecular complexity index is 649. The van der Waals surface area contributed by atoms with E-state index in [0.717, 1.165) is 15.9 Å². The lowest BCUT2D eigenvalue weighted by Crippen LogP contribution is -2.48. The number of nitrogens with two attached hydrogens (primary N) is 1. The Morgan fingerprint density at radius 1 is 1.57 bits per heavy atom. The molecule has 0 radical (unpaired) electrons. The van der Waals surface area contributed by atoms with Crippen LogP contribution in [0.5, 0.6) is 0 Å². The molecule has 1 fully saturated rings. The molecule has 1 aliphatic rings. The van der Waals surface area contributed by atoms with Crippen molar-refractivity contribution in [2.24, 2.45) is 5.73 Å². The smallest absolute Gasteiger partial charge is 0.171 e. The molecule has 1 aliphatic heterocycles. The van der Waals surface area contributed by atoms with Gasteiger partial charge in [0.25, 0.3) is 0 Å². The number of halogens is 1. The topological polar surface area (TPSA) is 63.4 Å². The van der Waals surface area contributed by atoms with Gasteiger partial charge in [-0.1, -0.05) is 35.1 Å². The standard InChI is InChI=1S/C13H17BrN2O2S3/c1-2-21(17,18)12-8-20-6-5-16(12)11-4-3-9(14)7-10(11)13(15)19/h3-4,7,12H,2,5-6,8H2,1H3,(H2,15,19). The number of hydrogen-bond donors (Lipinski definition) is 1. The first-order chi connectivity index (χ1) is 9.86. The van der Waals surface area contributed by atoms with Crippen LogP contribution < -0.4 is 10.6 Å². The fraction of sp³-hybridized carbons (Fsp3) is 0.462. The second kappa shape index (κ2) is 6.85. The van der Waals surface area contributed by atoms with Gasteiger partial charge in [0.05, 0.1) is 0 Å². The lowest BCUT2D eigenvalue weighted by Gasteiger charge is -2.37. The van der Waals surface area contributed by atoms with Crippen molar-refractivity contribution < 1.29 is 8.42 Å². The fourth-order valence-corrected chi connectivity index (χ4v) is 5.81. The zero-order valence-corrected chi connectivity index (χ0v) is 15.6. The minimum absolute atomic E-state index is 0.133. The Hall–Kier alpha value is -0.310. The van der Waals surface area contributed by atoms with Gasteiger partial charge in [0.1, 0.15) is 10.4 Å². The number of anilines is 1. The van der Waals surface area contributed by atoms with Crippen LogP contribution in [0.4, 0.5) is 5.69 Å². The molecule has 0 spiro atoms. The fourth-order valence-electron chi connectivity index (χ4n) is 2.30. The van der Waals surface area contributed by atoms with Crippen LogP contribution in [0.3, 0.4) is 0 Å². The molecule has 0 amide bonds. The van der Waals surface area contributed by atoms with Crippen molar-refractivity contribution in [1.82, 2.24) is 0 Å². The molecular weight excluding hydrogens is 392 g/mol. The van der Waals surface area contributed by atoms with Gasteiger partial charge >= 0.3 is 0 Å². The summed E-state index contributed by atoms with van der Waals surface area (Å²) >= 11 is 10.2.